The summed E-state index contributed by atoms with van der Waals surface area (Å²) in [6.45, 7) is 3.98. The largest absolute Gasteiger partial charge is 0.507 e. The van der Waals surface area contributed by atoms with E-state index < -0.39 is 5.97 Å². The first-order chi connectivity index (χ1) is 13.2. The van der Waals surface area contributed by atoms with E-state index in [1.54, 1.807) is 18.2 Å². The molecule has 0 amide bonds. The number of halogens is 2. The van der Waals surface area contributed by atoms with E-state index in [0.717, 1.165) is 16.7 Å². The van der Waals surface area contributed by atoms with Gasteiger partial charge in [0.1, 0.15) is 11.5 Å². The average Bonchev–Trinajstić information content (AvgIpc) is 2.58. The molecule has 0 aliphatic rings. The molecule has 6 heteroatoms. The van der Waals surface area contributed by atoms with Crippen molar-refractivity contribution in [2.75, 3.05) is 0 Å². The molecule has 0 heterocycles. The Kier molecular flexibility index (Phi) is 5.82. The summed E-state index contributed by atoms with van der Waals surface area (Å²) in [5.74, 6) is -0.167. The minimum absolute atomic E-state index is 0.131. The Morgan fingerprint density at radius 2 is 1.57 bits per heavy atom. The fourth-order valence-corrected chi connectivity index (χ4v) is 3.65. The molecule has 0 saturated carbocycles. The van der Waals surface area contributed by atoms with Crippen molar-refractivity contribution in [3.63, 3.8) is 0 Å². The quantitative estimate of drug-likeness (QED) is 0.504. The molecule has 0 bridgehead atoms. The molecule has 0 aliphatic heterocycles. The van der Waals surface area contributed by atoms with Crippen LogP contribution in [-0.4, -0.2) is 16.2 Å². The number of aliphatic carboxylic acids is 1. The second-order valence-electron chi connectivity index (χ2n) is 6.62. The number of carboxylic acid groups (broad SMARTS) is 1. The van der Waals surface area contributed by atoms with Crippen LogP contribution in [0.1, 0.15) is 16.7 Å². The summed E-state index contributed by atoms with van der Waals surface area (Å²) in [7, 11) is 0. The molecule has 4 nitrogen and oxygen atoms in total. The molecule has 0 unspecified atom stereocenters. The van der Waals surface area contributed by atoms with Gasteiger partial charge in [-0.1, -0.05) is 52.5 Å². The van der Waals surface area contributed by atoms with Crippen molar-refractivity contribution in [1.29, 1.82) is 0 Å². The lowest BCUT2D eigenvalue weighted by Gasteiger charge is -2.13. The number of phenolic OH excluding ortho intramolecular Hbond substituents is 1. The Labute approximate surface area is 172 Å². The Balaban J connectivity index is 1.97. The maximum atomic E-state index is 10.9. The third kappa shape index (κ3) is 4.58. The van der Waals surface area contributed by atoms with Gasteiger partial charge in [0.25, 0.3) is 0 Å². The highest BCUT2D eigenvalue weighted by molar-refractivity contribution is 6.37. The number of carbonyl (C=O) groups is 1. The molecule has 0 saturated heterocycles. The van der Waals surface area contributed by atoms with Gasteiger partial charge in [-0.2, -0.15) is 0 Å². The van der Waals surface area contributed by atoms with E-state index >= 15 is 0 Å². The van der Waals surface area contributed by atoms with Crippen LogP contribution in [0.25, 0.3) is 11.1 Å². The van der Waals surface area contributed by atoms with Crippen molar-refractivity contribution < 1.29 is 19.7 Å². The van der Waals surface area contributed by atoms with Gasteiger partial charge in [-0.15, -0.1) is 0 Å². The van der Waals surface area contributed by atoms with Gasteiger partial charge in [0.05, 0.1) is 16.5 Å². The van der Waals surface area contributed by atoms with Crippen LogP contribution in [0.4, 0.5) is 0 Å². The molecule has 3 rings (SSSR count). The first kappa shape index (κ1) is 20.1. The zero-order chi connectivity index (χ0) is 20.4. The molecule has 0 spiro atoms. The Hall–Kier alpha value is -2.69. The van der Waals surface area contributed by atoms with Gasteiger partial charge >= 0.3 is 5.97 Å². The lowest BCUT2D eigenvalue weighted by Crippen LogP contribution is -2.00. The number of phenols is 1. The van der Waals surface area contributed by atoms with E-state index in [-0.39, 0.29) is 28.0 Å². The van der Waals surface area contributed by atoms with Crippen LogP contribution in [-0.2, 0) is 11.2 Å². The van der Waals surface area contributed by atoms with Crippen LogP contribution < -0.4 is 4.74 Å². The van der Waals surface area contributed by atoms with Gasteiger partial charge in [0.15, 0.2) is 5.75 Å². The Bertz CT molecular complexity index is 1020. The van der Waals surface area contributed by atoms with Crippen LogP contribution in [0.5, 0.6) is 17.2 Å². The van der Waals surface area contributed by atoms with Crippen molar-refractivity contribution in [3.8, 4) is 28.4 Å². The molecule has 2 N–H and O–H groups in total. The monoisotopic (exact) mass is 416 g/mol. The number of carboxylic acids is 1. The summed E-state index contributed by atoms with van der Waals surface area (Å²) in [5.41, 5.74) is 4.15. The van der Waals surface area contributed by atoms with Crippen molar-refractivity contribution in [2.45, 2.75) is 20.3 Å². The summed E-state index contributed by atoms with van der Waals surface area (Å²) in [6.07, 6.45) is -0.185. The predicted molar refractivity (Wildman–Crippen MR) is 111 cm³/mol. The maximum Gasteiger partial charge on any atom is 0.307 e. The summed E-state index contributed by atoms with van der Waals surface area (Å²) in [4.78, 5) is 10.9. The molecular formula is C22H18Cl2O4. The normalized spacial score (nSPS) is 10.7. The fourth-order valence-electron chi connectivity index (χ4n) is 3.04. The predicted octanol–water partition coefficient (Wildman–Crippen LogP) is 6.40. The van der Waals surface area contributed by atoms with Crippen molar-refractivity contribution in [2.24, 2.45) is 0 Å². The van der Waals surface area contributed by atoms with Crippen LogP contribution in [0, 0.1) is 13.8 Å². The Morgan fingerprint density at radius 1 is 0.964 bits per heavy atom. The van der Waals surface area contributed by atoms with E-state index in [1.807, 2.05) is 26.0 Å². The van der Waals surface area contributed by atoms with Crippen LogP contribution in [0.2, 0.25) is 10.0 Å². The van der Waals surface area contributed by atoms with Crippen molar-refractivity contribution >= 4 is 29.2 Å². The molecule has 3 aromatic rings. The van der Waals surface area contributed by atoms with Crippen LogP contribution in [0.15, 0.2) is 48.5 Å². The van der Waals surface area contributed by atoms with E-state index in [1.165, 1.54) is 12.1 Å². The third-order valence-corrected chi connectivity index (χ3v) is 4.70. The molecule has 0 aromatic heterocycles. The molecule has 0 radical (unpaired) electrons. The average molecular weight is 417 g/mol. The standard InChI is InChI=1S/C22H18Cl2O4/c1-12-5-13(2)7-15(6-12)17-11-16(3-4-20(17)25)28-22-18(23)8-14(9-19(22)24)10-21(26)27/h3-9,11,25H,10H2,1-2H3,(H,26,27). The summed E-state index contributed by atoms with van der Waals surface area (Å²) >= 11 is 12.5. The first-order valence-electron chi connectivity index (χ1n) is 8.52. The first-order valence-corrected chi connectivity index (χ1v) is 9.28. The minimum atomic E-state index is -0.975. The minimum Gasteiger partial charge on any atom is -0.507 e. The lowest BCUT2D eigenvalue weighted by atomic mass is 10.00. The third-order valence-electron chi connectivity index (χ3n) is 4.13. The number of ether oxygens (including phenoxy) is 1. The lowest BCUT2D eigenvalue weighted by molar-refractivity contribution is -0.136. The van der Waals surface area contributed by atoms with Gasteiger partial charge in [-0.3, -0.25) is 4.79 Å². The zero-order valence-electron chi connectivity index (χ0n) is 15.3. The van der Waals surface area contributed by atoms with Gasteiger partial charge in [0.2, 0.25) is 0 Å². The van der Waals surface area contributed by atoms with E-state index in [0.29, 0.717) is 16.9 Å². The number of hydrogen-bond acceptors (Lipinski definition) is 3. The number of aryl methyl sites for hydroxylation is 2. The van der Waals surface area contributed by atoms with Crippen LogP contribution >= 0.6 is 23.2 Å². The smallest absolute Gasteiger partial charge is 0.307 e. The second-order valence-corrected chi connectivity index (χ2v) is 7.43. The zero-order valence-corrected chi connectivity index (χ0v) is 16.8. The number of rotatable bonds is 5. The Morgan fingerprint density at radius 3 is 2.14 bits per heavy atom. The van der Waals surface area contributed by atoms with Crippen LogP contribution in [0.3, 0.4) is 0 Å². The molecule has 3 aromatic carbocycles. The molecule has 0 fully saturated rings. The van der Waals surface area contributed by atoms with E-state index in [9.17, 15) is 9.90 Å². The summed E-state index contributed by atoms with van der Waals surface area (Å²) < 4.78 is 5.86. The van der Waals surface area contributed by atoms with E-state index in [4.69, 9.17) is 33.0 Å². The highest BCUT2D eigenvalue weighted by Crippen LogP contribution is 2.40. The van der Waals surface area contributed by atoms with Gasteiger partial charge < -0.3 is 14.9 Å². The van der Waals surface area contributed by atoms with Gasteiger partial charge in [-0.25, -0.2) is 0 Å². The molecule has 28 heavy (non-hydrogen) atoms. The van der Waals surface area contributed by atoms with E-state index in [2.05, 4.69) is 6.07 Å². The second kappa shape index (κ2) is 8.13. The summed E-state index contributed by atoms with van der Waals surface area (Å²) in [5, 5.41) is 19.6. The van der Waals surface area contributed by atoms with Gasteiger partial charge in [0, 0.05) is 5.56 Å². The number of aromatic hydroxyl groups is 1. The fraction of sp³-hybridized carbons (Fsp3) is 0.136. The maximum absolute atomic E-state index is 10.9. The topological polar surface area (TPSA) is 66.8 Å². The summed E-state index contributed by atoms with van der Waals surface area (Å²) in [6, 6.07) is 13.9. The van der Waals surface area contributed by atoms with Crippen molar-refractivity contribution in [1.82, 2.24) is 0 Å². The molecule has 0 atom stereocenters. The highest BCUT2D eigenvalue weighted by Gasteiger charge is 2.14. The van der Waals surface area contributed by atoms with Gasteiger partial charge in [-0.05, 0) is 55.3 Å². The van der Waals surface area contributed by atoms with Crippen molar-refractivity contribution in [3.05, 3.63) is 75.3 Å². The molecule has 0 aliphatic carbocycles. The number of benzene rings is 3. The molecule has 144 valence electrons. The molecular weight excluding hydrogens is 399 g/mol. The highest BCUT2D eigenvalue weighted by atomic mass is 35.5. The number of hydrogen-bond donors (Lipinski definition) is 2. The SMILES string of the molecule is Cc1cc(C)cc(-c2cc(Oc3c(Cl)cc(CC(=O)O)cc3Cl)ccc2O)c1.